The van der Waals surface area contributed by atoms with Gasteiger partial charge in [0.2, 0.25) is 0 Å². The predicted octanol–water partition coefficient (Wildman–Crippen LogP) is 5.74. The van der Waals surface area contributed by atoms with E-state index in [1.165, 1.54) is 10.9 Å². The quantitative estimate of drug-likeness (QED) is 0.297. The summed E-state index contributed by atoms with van der Waals surface area (Å²) in [4.78, 5) is 33.6. The molecule has 4 nitrogen and oxygen atoms in total. The molecule has 0 bridgehead atoms. The Kier molecular flexibility index (Phi) is 5.86. The van der Waals surface area contributed by atoms with Gasteiger partial charge in [0.25, 0.3) is 0 Å². The number of hydrogen-bond donors (Lipinski definition) is 1. The maximum Gasteiger partial charge on any atom is 0.168 e. The number of alkyl halides is 1. The Morgan fingerprint density at radius 3 is 2.52 bits per heavy atom. The van der Waals surface area contributed by atoms with Crippen LogP contribution in [0.25, 0.3) is 10.9 Å². The summed E-state index contributed by atoms with van der Waals surface area (Å²) < 4.78 is 0. The van der Waals surface area contributed by atoms with Gasteiger partial charge < -0.3 is 4.98 Å². The van der Waals surface area contributed by atoms with Crippen LogP contribution in [0, 0.1) is 11.8 Å². The van der Waals surface area contributed by atoms with Gasteiger partial charge in [-0.05, 0) is 41.7 Å². The largest absolute Gasteiger partial charge is 0.358 e. The average molecular weight is 457 g/mol. The fourth-order valence-corrected chi connectivity index (χ4v) is 5.45. The van der Waals surface area contributed by atoms with Gasteiger partial charge in [0, 0.05) is 45.9 Å². The lowest BCUT2D eigenvalue weighted by Gasteiger charge is -2.36. The molecule has 5 rings (SSSR count). The summed E-state index contributed by atoms with van der Waals surface area (Å²) in [6.07, 6.45) is 2.80. The zero-order valence-corrected chi connectivity index (χ0v) is 19.2. The van der Waals surface area contributed by atoms with Crippen LogP contribution in [0.5, 0.6) is 0 Å². The topological polar surface area (TPSA) is 62.8 Å². The molecular weight excluding hydrogens is 432 g/mol. The van der Waals surface area contributed by atoms with E-state index >= 15 is 0 Å². The van der Waals surface area contributed by atoms with Crippen molar-refractivity contribution in [3.8, 4) is 0 Å². The number of fused-ring (bicyclic) bond motifs is 3. The molecule has 1 aliphatic rings. The second-order valence-electron chi connectivity index (χ2n) is 8.89. The molecule has 2 heterocycles. The Morgan fingerprint density at radius 2 is 1.79 bits per heavy atom. The molecule has 0 aliphatic heterocycles. The number of aromatic amines is 1. The second kappa shape index (κ2) is 8.95. The Balaban J connectivity index is 1.53. The average Bonchev–Trinajstić information content (AvgIpc) is 3.21. The van der Waals surface area contributed by atoms with Crippen LogP contribution in [0.3, 0.4) is 0 Å². The Hall–Kier alpha value is -3.24. The molecule has 33 heavy (non-hydrogen) atoms. The Morgan fingerprint density at radius 1 is 1.03 bits per heavy atom. The molecule has 1 unspecified atom stereocenters. The molecule has 0 fully saturated rings. The number of ketones is 2. The number of nitrogens with zero attached hydrogens (tertiary/aromatic N) is 1. The first-order valence-electron chi connectivity index (χ1n) is 11.3. The summed E-state index contributed by atoms with van der Waals surface area (Å²) in [6, 6.07) is 21.6. The van der Waals surface area contributed by atoms with E-state index in [-0.39, 0.29) is 41.6 Å². The van der Waals surface area contributed by atoms with Crippen molar-refractivity contribution in [1.29, 1.82) is 0 Å². The van der Waals surface area contributed by atoms with Crippen molar-refractivity contribution in [2.75, 3.05) is 5.88 Å². The van der Waals surface area contributed by atoms with Gasteiger partial charge in [0.05, 0.1) is 12.3 Å². The number of pyridine rings is 1. The zero-order chi connectivity index (χ0) is 22.9. The molecule has 166 valence electrons. The highest BCUT2D eigenvalue weighted by Gasteiger charge is 2.41. The molecule has 0 radical (unpaired) electrons. The monoisotopic (exact) mass is 456 g/mol. The molecular formula is C28H25ClN2O2. The first-order valence-corrected chi connectivity index (χ1v) is 11.8. The number of H-pyrrole nitrogens is 1. The molecule has 1 aliphatic carbocycles. The minimum absolute atomic E-state index is 0.00170. The fourth-order valence-electron chi connectivity index (χ4n) is 5.28. The van der Waals surface area contributed by atoms with Crippen LogP contribution in [-0.2, 0) is 17.6 Å². The second-order valence-corrected chi connectivity index (χ2v) is 9.16. The van der Waals surface area contributed by atoms with Crippen molar-refractivity contribution >= 4 is 34.1 Å². The van der Waals surface area contributed by atoms with Gasteiger partial charge in [0.15, 0.2) is 11.6 Å². The van der Waals surface area contributed by atoms with Crippen LogP contribution < -0.4 is 0 Å². The van der Waals surface area contributed by atoms with Crippen LogP contribution in [0.4, 0.5) is 0 Å². The highest BCUT2D eigenvalue weighted by molar-refractivity contribution is 6.28. The van der Waals surface area contributed by atoms with Gasteiger partial charge in [-0.2, -0.15) is 0 Å². The van der Waals surface area contributed by atoms with E-state index in [4.69, 9.17) is 11.6 Å². The molecule has 0 spiro atoms. The van der Waals surface area contributed by atoms with E-state index in [0.717, 1.165) is 28.9 Å². The fraction of sp³-hybridized carbons (Fsp3) is 0.250. The molecule has 0 saturated heterocycles. The van der Waals surface area contributed by atoms with Crippen molar-refractivity contribution in [2.24, 2.45) is 11.8 Å². The molecule has 1 N–H and O–H groups in total. The summed E-state index contributed by atoms with van der Waals surface area (Å²) >= 11 is 6.04. The molecule has 5 heteroatoms. The molecule has 2 aromatic carbocycles. The van der Waals surface area contributed by atoms with Crippen LogP contribution in [-0.4, -0.2) is 27.4 Å². The number of carbonyl (C=O) groups is 2. The number of benzene rings is 2. The number of nitrogens with one attached hydrogen (secondary N) is 1. The summed E-state index contributed by atoms with van der Waals surface area (Å²) in [5, 5.41) is 1.21. The van der Waals surface area contributed by atoms with E-state index in [2.05, 4.69) is 29.0 Å². The van der Waals surface area contributed by atoms with Crippen LogP contribution >= 0.6 is 11.6 Å². The smallest absolute Gasteiger partial charge is 0.168 e. The summed E-state index contributed by atoms with van der Waals surface area (Å²) in [5.41, 5.74) is 5.86. The third-order valence-corrected chi connectivity index (χ3v) is 7.08. The van der Waals surface area contributed by atoms with E-state index in [1.54, 1.807) is 6.20 Å². The van der Waals surface area contributed by atoms with Gasteiger partial charge in [0.1, 0.15) is 0 Å². The van der Waals surface area contributed by atoms with Crippen LogP contribution in [0.15, 0.2) is 72.9 Å². The van der Waals surface area contributed by atoms with E-state index in [1.807, 2.05) is 54.6 Å². The Labute approximate surface area is 198 Å². The lowest BCUT2D eigenvalue weighted by molar-refractivity contribution is -0.122. The SMILES string of the molecule is C[C@H]1Cc2c([nH]c3ccccc23)[C@H](c2ccc(C(=O)Cc3ccccn3)cc2)C1C(=O)CCl. The first-order chi connectivity index (χ1) is 16.1. The summed E-state index contributed by atoms with van der Waals surface area (Å²) in [7, 11) is 0. The molecule has 0 saturated carbocycles. The number of rotatable bonds is 6. The third kappa shape index (κ3) is 4.00. The number of aromatic nitrogens is 2. The van der Waals surface area contributed by atoms with Gasteiger partial charge in [-0.25, -0.2) is 0 Å². The van der Waals surface area contributed by atoms with Gasteiger partial charge in [-0.1, -0.05) is 55.5 Å². The van der Waals surface area contributed by atoms with E-state index < -0.39 is 0 Å². The minimum Gasteiger partial charge on any atom is -0.358 e. The van der Waals surface area contributed by atoms with Gasteiger partial charge in [-0.15, -0.1) is 11.6 Å². The standard InChI is InChI=1S/C28H25ClN2O2/c1-17-14-22-21-7-2-3-8-23(21)31-28(22)27(26(17)25(33)16-29)19-11-9-18(10-12-19)24(32)15-20-6-4-5-13-30-20/h2-13,17,26-27,31H,14-16H2,1H3/t17-,26?,27+/m0/s1. The van der Waals surface area contributed by atoms with Crippen molar-refractivity contribution in [3.63, 3.8) is 0 Å². The maximum atomic E-state index is 13.0. The van der Waals surface area contributed by atoms with Gasteiger partial charge >= 0.3 is 0 Å². The highest BCUT2D eigenvalue weighted by Crippen LogP contribution is 2.46. The van der Waals surface area contributed by atoms with E-state index in [0.29, 0.717) is 5.56 Å². The number of Topliss-reactive ketones (excluding diaryl/α,β-unsaturated/α-hetero) is 2. The molecule has 0 amide bonds. The van der Waals surface area contributed by atoms with Crippen molar-refractivity contribution in [3.05, 3.63) is 101 Å². The maximum absolute atomic E-state index is 13.0. The minimum atomic E-state index is -0.210. The van der Waals surface area contributed by atoms with Crippen molar-refractivity contribution in [1.82, 2.24) is 9.97 Å². The predicted molar refractivity (Wildman–Crippen MR) is 131 cm³/mol. The van der Waals surface area contributed by atoms with Crippen LogP contribution in [0.1, 0.15) is 45.7 Å². The number of carbonyl (C=O) groups excluding carboxylic acids is 2. The van der Waals surface area contributed by atoms with Gasteiger partial charge in [-0.3, -0.25) is 14.6 Å². The number of para-hydroxylation sites is 1. The first kappa shape index (κ1) is 21.6. The number of hydrogen-bond acceptors (Lipinski definition) is 3. The highest BCUT2D eigenvalue weighted by atomic mass is 35.5. The third-order valence-electron chi connectivity index (χ3n) is 6.82. The Bertz CT molecular complexity index is 1310. The normalized spacial score (nSPS) is 19.9. The summed E-state index contributed by atoms with van der Waals surface area (Å²) in [5.74, 6) is -0.0774. The number of halogens is 1. The van der Waals surface area contributed by atoms with Crippen molar-refractivity contribution in [2.45, 2.75) is 25.7 Å². The lowest BCUT2D eigenvalue weighted by Crippen LogP contribution is -2.35. The van der Waals surface area contributed by atoms with Crippen LogP contribution in [0.2, 0.25) is 0 Å². The molecule has 2 aromatic heterocycles. The van der Waals surface area contributed by atoms with Crippen molar-refractivity contribution < 1.29 is 9.59 Å². The molecule has 4 aromatic rings. The molecule has 3 atom stereocenters. The lowest BCUT2D eigenvalue weighted by atomic mass is 9.67. The zero-order valence-electron chi connectivity index (χ0n) is 18.4. The van der Waals surface area contributed by atoms with E-state index in [9.17, 15) is 9.59 Å². The summed E-state index contributed by atoms with van der Waals surface area (Å²) in [6.45, 7) is 2.14.